The molecule has 1 aromatic heterocycles. The number of rotatable bonds is 2. The Hall–Kier alpha value is -2.14. The molecule has 2 N–H and O–H groups in total. The average Bonchev–Trinajstić information content (AvgIpc) is 2.97. The fraction of sp³-hybridized carbons (Fsp3) is 0.333. The molecule has 1 amide bonds. The van der Waals surface area contributed by atoms with Gasteiger partial charge in [-0.3, -0.25) is 4.79 Å². The highest BCUT2D eigenvalue weighted by atomic mass is 16.5. The van der Waals surface area contributed by atoms with E-state index in [1.165, 1.54) is 0 Å². The van der Waals surface area contributed by atoms with Gasteiger partial charge in [-0.15, -0.1) is 0 Å². The lowest BCUT2D eigenvalue weighted by atomic mass is 10.1. The first-order valence-corrected chi connectivity index (χ1v) is 6.81. The van der Waals surface area contributed by atoms with E-state index in [4.69, 9.17) is 10.3 Å². The maximum Gasteiger partial charge on any atom is 0.292 e. The number of piperidine rings is 1. The van der Waals surface area contributed by atoms with Crippen molar-refractivity contribution >= 4 is 5.91 Å². The van der Waals surface area contributed by atoms with E-state index in [1.807, 2.05) is 30.3 Å². The van der Waals surface area contributed by atoms with Crippen LogP contribution >= 0.6 is 0 Å². The summed E-state index contributed by atoms with van der Waals surface area (Å²) in [5, 5.41) is 3.97. The molecule has 0 bridgehead atoms. The van der Waals surface area contributed by atoms with Crippen molar-refractivity contribution in [1.82, 2.24) is 10.1 Å². The number of hydrogen-bond acceptors (Lipinski definition) is 4. The Balaban J connectivity index is 1.78. The van der Waals surface area contributed by atoms with Crippen LogP contribution in [0.3, 0.4) is 0 Å². The van der Waals surface area contributed by atoms with Gasteiger partial charge in [0.15, 0.2) is 0 Å². The zero-order valence-electron chi connectivity index (χ0n) is 11.2. The molecule has 1 aliphatic rings. The van der Waals surface area contributed by atoms with Gasteiger partial charge in [0.05, 0.1) is 0 Å². The molecule has 0 saturated carbocycles. The molecule has 1 fully saturated rings. The lowest BCUT2D eigenvalue weighted by Gasteiger charge is -2.29. The van der Waals surface area contributed by atoms with E-state index in [1.54, 1.807) is 11.0 Å². The van der Waals surface area contributed by atoms with Gasteiger partial charge in [-0.25, -0.2) is 0 Å². The van der Waals surface area contributed by atoms with Gasteiger partial charge in [-0.2, -0.15) is 0 Å². The molecule has 0 spiro atoms. The lowest BCUT2D eigenvalue weighted by Crippen LogP contribution is -2.45. The van der Waals surface area contributed by atoms with Gasteiger partial charge in [0.25, 0.3) is 5.91 Å². The van der Waals surface area contributed by atoms with Crippen LogP contribution in [-0.4, -0.2) is 35.1 Å². The number of nitrogens with zero attached hydrogens (tertiary/aromatic N) is 2. The van der Waals surface area contributed by atoms with Crippen molar-refractivity contribution in [3.05, 3.63) is 42.2 Å². The van der Waals surface area contributed by atoms with Crippen molar-refractivity contribution in [3.63, 3.8) is 0 Å². The zero-order valence-corrected chi connectivity index (χ0v) is 11.2. The topological polar surface area (TPSA) is 72.4 Å². The van der Waals surface area contributed by atoms with E-state index < -0.39 is 0 Å². The smallest absolute Gasteiger partial charge is 0.292 e. The van der Waals surface area contributed by atoms with Gasteiger partial charge in [0.2, 0.25) is 5.76 Å². The predicted octanol–water partition coefficient (Wildman–Crippen LogP) is 1.90. The molecule has 3 rings (SSSR count). The van der Waals surface area contributed by atoms with Crippen LogP contribution in [0, 0.1) is 0 Å². The maximum absolute atomic E-state index is 12.3. The van der Waals surface area contributed by atoms with Crippen LogP contribution in [0.1, 0.15) is 23.4 Å². The van der Waals surface area contributed by atoms with E-state index in [0.717, 1.165) is 24.9 Å². The molecule has 0 aliphatic carbocycles. The summed E-state index contributed by atoms with van der Waals surface area (Å²) in [5.74, 6) is 0.146. The number of amides is 1. The lowest BCUT2D eigenvalue weighted by molar-refractivity contribution is 0.0667. The number of carbonyl (C=O) groups excluding carboxylic acids is 1. The number of hydrogen-bond donors (Lipinski definition) is 1. The Morgan fingerprint density at radius 3 is 2.90 bits per heavy atom. The molecule has 2 heterocycles. The van der Waals surface area contributed by atoms with Crippen molar-refractivity contribution in [3.8, 4) is 11.3 Å². The van der Waals surface area contributed by atoms with Gasteiger partial charge in [-0.1, -0.05) is 35.5 Å². The van der Waals surface area contributed by atoms with Crippen LogP contribution in [0.5, 0.6) is 0 Å². The van der Waals surface area contributed by atoms with Gasteiger partial charge in [0.1, 0.15) is 5.69 Å². The third-order valence-corrected chi connectivity index (χ3v) is 3.54. The van der Waals surface area contributed by atoms with Crippen molar-refractivity contribution in [2.75, 3.05) is 13.1 Å². The van der Waals surface area contributed by atoms with Crippen LogP contribution < -0.4 is 5.73 Å². The van der Waals surface area contributed by atoms with Gasteiger partial charge < -0.3 is 15.2 Å². The third-order valence-electron chi connectivity index (χ3n) is 3.54. The van der Waals surface area contributed by atoms with E-state index in [-0.39, 0.29) is 17.7 Å². The average molecular weight is 271 g/mol. The molecule has 1 atom stereocenters. The number of benzene rings is 1. The van der Waals surface area contributed by atoms with Crippen LogP contribution in [0.2, 0.25) is 0 Å². The molecule has 104 valence electrons. The maximum atomic E-state index is 12.3. The standard InChI is InChI=1S/C15H17N3O2/c16-12-7-4-8-18(10-12)15(19)14-9-13(17-20-14)11-5-2-1-3-6-11/h1-3,5-6,9,12H,4,7-8,10,16H2. The van der Waals surface area contributed by atoms with Crippen molar-refractivity contribution in [2.45, 2.75) is 18.9 Å². The fourth-order valence-electron chi connectivity index (χ4n) is 2.47. The molecular weight excluding hydrogens is 254 g/mol. The van der Waals surface area contributed by atoms with E-state index in [0.29, 0.717) is 12.2 Å². The second-order valence-corrected chi connectivity index (χ2v) is 5.10. The molecular formula is C15H17N3O2. The first kappa shape index (κ1) is 12.9. The summed E-state index contributed by atoms with van der Waals surface area (Å²) in [6.45, 7) is 1.31. The van der Waals surface area contributed by atoms with E-state index in [2.05, 4.69) is 5.16 Å². The molecule has 1 aromatic carbocycles. The number of carbonyl (C=O) groups is 1. The molecule has 1 saturated heterocycles. The Labute approximate surface area is 117 Å². The fourth-order valence-corrected chi connectivity index (χ4v) is 2.47. The highest BCUT2D eigenvalue weighted by molar-refractivity contribution is 5.92. The number of nitrogens with two attached hydrogens (primary N) is 1. The molecule has 1 unspecified atom stereocenters. The minimum absolute atomic E-state index is 0.0595. The van der Waals surface area contributed by atoms with E-state index in [9.17, 15) is 4.79 Å². The van der Waals surface area contributed by atoms with Gasteiger partial charge in [0, 0.05) is 30.8 Å². The molecule has 1 aliphatic heterocycles. The monoisotopic (exact) mass is 271 g/mol. The summed E-state index contributed by atoms with van der Waals surface area (Å²) in [4.78, 5) is 14.1. The third kappa shape index (κ3) is 2.58. The summed E-state index contributed by atoms with van der Waals surface area (Å²) < 4.78 is 5.19. The highest BCUT2D eigenvalue weighted by Crippen LogP contribution is 2.20. The highest BCUT2D eigenvalue weighted by Gasteiger charge is 2.25. The van der Waals surface area contributed by atoms with Crippen LogP contribution in [0.4, 0.5) is 0 Å². The van der Waals surface area contributed by atoms with Gasteiger partial charge >= 0.3 is 0 Å². The van der Waals surface area contributed by atoms with Gasteiger partial charge in [-0.05, 0) is 12.8 Å². The predicted molar refractivity (Wildman–Crippen MR) is 75.1 cm³/mol. The molecule has 2 aromatic rings. The Bertz CT molecular complexity index is 594. The molecule has 20 heavy (non-hydrogen) atoms. The summed E-state index contributed by atoms with van der Waals surface area (Å²) in [7, 11) is 0. The van der Waals surface area contributed by atoms with Crippen molar-refractivity contribution in [1.29, 1.82) is 0 Å². The molecule has 0 radical (unpaired) electrons. The van der Waals surface area contributed by atoms with Crippen LogP contribution in [0.25, 0.3) is 11.3 Å². The summed E-state index contributed by atoms with van der Waals surface area (Å²) in [6, 6.07) is 11.4. The summed E-state index contributed by atoms with van der Waals surface area (Å²) >= 11 is 0. The molecule has 5 nitrogen and oxygen atoms in total. The Morgan fingerprint density at radius 1 is 1.35 bits per heavy atom. The zero-order chi connectivity index (χ0) is 13.9. The Morgan fingerprint density at radius 2 is 2.15 bits per heavy atom. The van der Waals surface area contributed by atoms with Crippen LogP contribution in [-0.2, 0) is 0 Å². The number of likely N-dealkylation sites (tertiary alicyclic amines) is 1. The largest absolute Gasteiger partial charge is 0.350 e. The second-order valence-electron chi connectivity index (χ2n) is 5.10. The van der Waals surface area contributed by atoms with E-state index >= 15 is 0 Å². The summed E-state index contributed by atoms with van der Waals surface area (Å²) in [5.41, 5.74) is 7.51. The number of aromatic nitrogens is 1. The molecule has 5 heteroatoms. The quantitative estimate of drug-likeness (QED) is 0.905. The normalized spacial score (nSPS) is 19.1. The first-order valence-electron chi connectivity index (χ1n) is 6.81. The van der Waals surface area contributed by atoms with Crippen molar-refractivity contribution < 1.29 is 9.32 Å². The first-order chi connectivity index (χ1) is 9.74. The SMILES string of the molecule is NC1CCCN(C(=O)c2cc(-c3ccccc3)no2)C1. The minimum Gasteiger partial charge on any atom is -0.350 e. The van der Waals surface area contributed by atoms with Crippen molar-refractivity contribution in [2.24, 2.45) is 5.73 Å². The summed E-state index contributed by atoms with van der Waals surface area (Å²) in [6.07, 6.45) is 1.90. The second kappa shape index (κ2) is 5.46. The Kier molecular flexibility index (Phi) is 3.52. The minimum atomic E-state index is -0.130. The van der Waals surface area contributed by atoms with Crippen LogP contribution in [0.15, 0.2) is 40.9 Å².